The summed E-state index contributed by atoms with van der Waals surface area (Å²) in [5.41, 5.74) is 5.71. The molecule has 2 rings (SSSR count). The van der Waals surface area contributed by atoms with Crippen molar-refractivity contribution in [2.75, 3.05) is 7.11 Å². The van der Waals surface area contributed by atoms with Crippen molar-refractivity contribution in [1.29, 1.82) is 0 Å². The molecule has 5 nitrogen and oxygen atoms in total. The number of esters is 1. The SMILES string of the molecule is CO[C@@H]1OC(=O)C=C1[C@H]1CC=C(CC/C=C(\C)CC/C=C(\C)CCC=C(C)C)[C@H](O)O1. The van der Waals surface area contributed by atoms with Crippen LogP contribution in [0, 0.1) is 0 Å². The molecule has 5 heteroatoms. The smallest absolute Gasteiger partial charge is 0.333 e. The number of methoxy groups -OCH3 is 1. The Balaban J connectivity index is 1.75. The van der Waals surface area contributed by atoms with E-state index in [0.29, 0.717) is 12.0 Å². The molecule has 0 saturated carbocycles. The molecule has 3 atom stereocenters. The summed E-state index contributed by atoms with van der Waals surface area (Å²) in [6.07, 6.45) is 14.8. The Bertz CT molecular complexity index is 765. The van der Waals surface area contributed by atoms with Crippen LogP contribution in [0.1, 0.15) is 72.6 Å². The molecule has 0 fully saturated rings. The number of allylic oxidation sites excluding steroid dienone is 6. The maximum Gasteiger partial charge on any atom is 0.333 e. The number of carbonyl (C=O) groups is 1. The molecule has 172 valence electrons. The number of aliphatic hydroxyl groups is 1. The molecule has 2 heterocycles. The van der Waals surface area contributed by atoms with E-state index in [-0.39, 0.29) is 0 Å². The van der Waals surface area contributed by atoms with E-state index in [4.69, 9.17) is 14.2 Å². The van der Waals surface area contributed by atoms with E-state index < -0.39 is 24.7 Å². The summed E-state index contributed by atoms with van der Waals surface area (Å²) >= 11 is 0. The van der Waals surface area contributed by atoms with Gasteiger partial charge in [0.25, 0.3) is 0 Å². The molecule has 0 amide bonds. The first-order valence-electron chi connectivity index (χ1n) is 11.2. The molecule has 0 radical (unpaired) electrons. The minimum Gasteiger partial charge on any atom is -0.428 e. The molecule has 0 spiro atoms. The van der Waals surface area contributed by atoms with E-state index in [1.54, 1.807) is 0 Å². The van der Waals surface area contributed by atoms with Gasteiger partial charge in [-0.3, -0.25) is 0 Å². The highest BCUT2D eigenvalue weighted by atomic mass is 16.7. The third-order valence-electron chi connectivity index (χ3n) is 5.62. The third-order valence-corrected chi connectivity index (χ3v) is 5.62. The molecule has 0 saturated heterocycles. The van der Waals surface area contributed by atoms with Crippen molar-refractivity contribution in [1.82, 2.24) is 0 Å². The van der Waals surface area contributed by atoms with E-state index in [9.17, 15) is 9.90 Å². The Labute approximate surface area is 187 Å². The van der Waals surface area contributed by atoms with Gasteiger partial charge in [-0.2, -0.15) is 0 Å². The van der Waals surface area contributed by atoms with Crippen molar-refractivity contribution in [3.8, 4) is 0 Å². The molecule has 0 aromatic rings. The van der Waals surface area contributed by atoms with Crippen LogP contribution in [0.4, 0.5) is 0 Å². The first kappa shape index (κ1) is 25.3. The van der Waals surface area contributed by atoms with Crippen molar-refractivity contribution in [3.63, 3.8) is 0 Å². The van der Waals surface area contributed by atoms with Gasteiger partial charge in [0.2, 0.25) is 6.29 Å². The summed E-state index contributed by atoms with van der Waals surface area (Å²) in [5, 5.41) is 10.4. The topological polar surface area (TPSA) is 65.0 Å². The van der Waals surface area contributed by atoms with Crippen LogP contribution in [0.15, 0.2) is 58.2 Å². The highest BCUT2D eigenvalue weighted by molar-refractivity contribution is 5.85. The van der Waals surface area contributed by atoms with Crippen molar-refractivity contribution < 1.29 is 24.1 Å². The molecule has 0 bridgehead atoms. The van der Waals surface area contributed by atoms with Gasteiger partial charge >= 0.3 is 5.97 Å². The van der Waals surface area contributed by atoms with Gasteiger partial charge in [0.15, 0.2) is 6.29 Å². The molecule has 0 aliphatic carbocycles. The van der Waals surface area contributed by atoms with Crippen LogP contribution in [0.2, 0.25) is 0 Å². The van der Waals surface area contributed by atoms with Gasteiger partial charge < -0.3 is 19.3 Å². The summed E-state index contributed by atoms with van der Waals surface area (Å²) in [6, 6.07) is 0. The summed E-state index contributed by atoms with van der Waals surface area (Å²) in [6.45, 7) is 8.65. The molecule has 0 aromatic heterocycles. The lowest BCUT2D eigenvalue weighted by Gasteiger charge is -2.29. The zero-order valence-electron chi connectivity index (χ0n) is 19.6. The molecular weight excluding hydrogens is 392 g/mol. The van der Waals surface area contributed by atoms with E-state index in [1.165, 1.54) is 29.9 Å². The minimum atomic E-state index is -0.965. The summed E-state index contributed by atoms with van der Waals surface area (Å²) in [4.78, 5) is 11.5. The fraction of sp³-hybridized carbons (Fsp3) is 0.577. The number of carbonyl (C=O) groups excluding carboxylic acids is 1. The molecular formula is C26H38O5. The fourth-order valence-electron chi connectivity index (χ4n) is 3.76. The van der Waals surface area contributed by atoms with Crippen LogP contribution in [0.5, 0.6) is 0 Å². The lowest BCUT2D eigenvalue weighted by atomic mass is 9.98. The first-order chi connectivity index (χ1) is 14.8. The Hall–Kier alpha value is -1.95. The van der Waals surface area contributed by atoms with E-state index >= 15 is 0 Å². The zero-order valence-corrected chi connectivity index (χ0v) is 19.6. The lowest BCUT2D eigenvalue weighted by Crippen LogP contribution is -2.32. The predicted molar refractivity (Wildman–Crippen MR) is 123 cm³/mol. The Kier molecular flexibility index (Phi) is 10.4. The average molecular weight is 431 g/mol. The quantitative estimate of drug-likeness (QED) is 0.338. The highest BCUT2D eigenvalue weighted by Crippen LogP contribution is 2.30. The van der Waals surface area contributed by atoms with Crippen LogP contribution < -0.4 is 0 Å². The Morgan fingerprint density at radius 3 is 2.35 bits per heavy atom. The Morgan fingerprint density at radius 1 is 1.10 bits per heavy atom. The van der Waals surface area contributed by atoms with Crippen LogP contribution in [-0.2, 0) is 19.0 Å². The van der Waals surface area contributed by atoms with Gasteiger partial charge in [-0.1, -0.05) is 41.0 Å². The van der Waals surface area contributed by atoms with E-state index in [0.717, 1.165) is 44.1 Å². The van der Waals surface area contributed by atoms with Crippen molar-refractivity contribution in [2.45, 2.75) is 91.3 Å². The molecule has 0 aromatic carbocycles. The van der Waals surface area contributed by atoms with Gasteiger partial charge in [-0.05, 0) is 78.2 Å². The second-order valence-electron chi connectivity index (χ2n) is 8.64. The van der Waals surface area contributed by atoms with Crippen molar-refractivity contribution >= 4 is 5.97 Å². The number of rotatable bonds is 11. The molecule has 2 aliphatic heterocycles. The fourth-order valence-corrected chi connectivity index (χ4v) is 3.76. The van der Waals surface area contributed by atoms with Gasteiger partial charge in [0.05, 0.1) is 6.10 Å². The predicted octanol–water partition coefficient (Wildman–Crippen LogP) is 5.68. The number of hydrogen-bond donors (Lipinski definition) is 1. The van der Waals surface area contributed by atoms with Gasteiger partial charge in [0, 0.05) is 18.8 Å². The molecule has 31 heavy (non-hydrogen) atoms. The van der Waals surface area contributed by atoms with Crippen LogP contribution >= 0.6 is 0 Å². The zero-order chi connectivity index (χ0) is 22.8. The number of aliphatic hydroxyl groups excluding tert-OH is 1. The molecule has 0 unspecified atom stereocenters. The molecule has 1 N–H and O–H groups in total. The average Bonchev–Trinajstić information content (AvgIpc) is 3.09. The summed E-state index contributed by atoms with van der Waals surface area (Å²) < 4.78 is 16.0. The van der Waals surface area contributed by atoms with E-state index in [1.807, 2.05) is 6.08 Å². The van der Waals surface area contributed by atoms with Gasteiger partial charge in [0.1, 0.15) is 0 Å². The number of hydrogen-bond acceptors (Lipinski definition) is 5. The largest absolute Gasteiger partial charge is 0.428 e. The van der Waals surface area contributed by atoms with E-state index in [2.05, 4.69) is 45.9 Å². The second kappa shape index (κ2) is 12.8. The highest BCUT2D eigenvalue weighted by Gasteiger charge is 2.35. The third kappa shape index (κ3) is 8.60. The van der Waals surface area contributed by atoms with Gasteiger partial charge in [-0.25, -0.2) is 4.79 Å². The van der Waals surface area contributed by atoms with Gasteiger partial charge in [-0.15, -0.1) is 0 Å². The molecule has 2 aliphatic rings. The minimum absolute atomic E-state index is 0.404. The normalized spacial score (nSPS) is 24.6. The standard InChI is InChI=1S/C26H38O5/c1-18(2)9-6-10-19(3)11-7-12-20(4)13-8-14-21-15-16-23(30-25(21)28)22-17-24(27)31-26(22)29-5/h9,11,13,15,17,23,25-26,28H,6-8,10,12,14,16H2,1-5H3/b19-11+,20-13+/t23-,25-,26-/m1/s1. The van der Waals surface area contributed by atoms with Crippen molar-refractivity contribution in [2.24, 2.45) is 0 Å². The first-order valence-corrected chi connectivity index (χ1v) is 11.2. The summed E-state index contributed by atoms with van der Waals surface area (Å²) in [5.74, 6) is -0.437. The maximum absolute atomic E-state index is 11.5. The Morgan fingerprint density at radius 2 is 1.74 bits per heavy atom. The maximum atomic E-state index is 11.5. The number of ether oxygens (including phenoxy) is 3. The monoisotopic (exact) mass is 430 g/mol. The van der Waals surface area contributed by atoms with Crippen LogP contribution in [-0.4, -0.2) is 36.9 Å². The second-order valence-corrected chi connectivity index (χ2v) is 8.64. The number of cyclic esters (lactones) is 1. The van der Waals surface area contributed by atoms with Crippen LogP contribution in [0.25, 0.3) is 0 Å². The lowest BCUT2D eigenvalue weighted by molar-refractivity contribution is -0.160. The summed E-state index contributed by atoms with van der Waals surface area (Å²) in [7, 11) is 1.48. The van der Waals surface area contributed by atoms with Crippen LogP contribution in [0.3, 0.4) is 0 Å². The van der Waals surface area contributed by atoms with Crippen molar-refractivity contribution in [3.05, 3.63) is 58.2 Å².